The average molecular weight is 277 g/mol. The molecule has 0 heterocycles. The van der Waals surface area contributed by atoms with Crippen LogP contribution in [0.5, 0.6) is 0 Å². The molecule has 0 aliphatic heterocycles. The molecule has 0 saturated carbocycles. The second-order valence-electron chi connectivity index (χ2n) is 5.21. The van der Waals surface area contributed by atoms with E-state index in [-0.39, 0.29) is 5.97 Å². The lowest BCUT2D eigenvalue weighted by molar-refractivity contribution is -0.145. The van der Waals surface area contributed by atoms with Crippen LogP contribution in [0.25, 0.3) is 0 Å². The Hall–Kier alpha value is -1.35. The van der Waals surface area contributed by atoms with Gasteiger partial charge in [-0.1, -0.05) is 62.9 Å². The van der Waals surface area contributed by atoms with Gasteiger partial charge in [-0.25, -0.2) is 0 Å². The topological polar surface area (TPSA) is 52.3 Å². The van der Waals surface area contributed by atoms with Crippen LogP contribution in [0, 0.1) is 0 Å². The highest BCUT2D eigenvalue weighted by Crippen LogP contribution is 2.06. The summed E-state index contributed by atoms with van der Waals surface area (Å²) in [5.74, 6) is -0.267. The van der Waals surface area contributed by atoms with Crippen LogP contribution in [0.3, 0.4) is 0 Å². The Morgan fingerprint density at radius 3 is 2.55 bits per heavy atom. The van der Waals surface area contributed by atoms with Crippen LogP contribution < -0.4 is 5.73 Å². The van der Waals surface area contributed by atoms with E-state index in [2.05, 4.69) is 6.92 Å². The van der Waals surface area contributed by atoms with E-state index in [0.717, 1.165) is 19.3 Å². The van der Waals surface area contributed by atoms with Gasteiger partial charge in [0.2, 0.25) is 0 Å². The first-order valence-corrected chi connectivity index (χ1v) is 7.70. The third-order valence-electron chi connectivity index (χ3n) is 3.38. The molecule has 0 aliphatic rings. The van der Waals surface area contributed by atoms with Crippen LogP contribution >= 0.6 is 0 Å². The van der Waals surface area contributed by atoms with Crippen molar-refractivity contribution in [2.24, 2.45) is 5.73 Å². The molecule has 2 N–H and O–H groups in total. The lowest BCUT2D eigenvalue weighted by Crippen LogP contribution is -2.33. The molecule has 112 valence electrons. The second-order valence-corrected chi connectivity index (χ2v) is 5.21. The second kappa shape index (κ2) is 10.4. The summed E-state index contributed by atoms with van der Waals surface area (Å²) in [6, 6.07) is 9.56. The third-order valence-corrected chi connectivity index (χ3v) is 3.38. The highest BCUT2D eigenvalue weighted by molar-refractivity contribution is 5.75. The van der Waals surface area contributed by atoms with E-state index in [0.29, 0.717) is 13.0 Å². The van der Waals surface area contributed by atoms with Gasteiger partial charge in [-0.3, -0.25) is 4.79 Å². The van der Waals surface area contributed by atoms with Gasteiger partial charge in [-0.2, -0.15) is 0 Å². The van der Waals surface area contributed by atoms with E-state index in [1.165, 1.54) is 24.8 Å². The van der Waals surface area contributed by atoms with E-state index in [9.17, 15) is 4.79 Å². The van der Waals surface area contributed by atoms with Gasteiger partial charge in [-0.15, -0.1) is 0 Å². The van der Waals surface area contributed by atoms with Crippen molar-refractivity contribution in [2.45, 2.75) is 57.9 Å². The molecule has 1 aromatic carbocycles. The van der Waals surface area contributed by atoms with Crippen LogP contribution in [0.4, 0.5) is 0 Å². The normalized spacial score (nSPS) is 12.1. The molecule has 1 aromatic rings. The van der Waals surface area contributed by atoms with Crippen molar-refractivity contribution in [3.63, 3.8) is 0 Å². The van der Waals surface area contributed by atoms with Crippen molar-refractivity contribution in [3.05, 3.63) is 35.9 Å². The fourth-order valence-electron chi connectivity index (χ4n) is 2.07. The Labute approximate surface area is 122 Å². The van der Waals surface area contributed by atoms with Crippen molar-refractivity contribution in [2.75, 3.05) is 6.61 Å². The molecule has 3 heteroatoms. The Morgan fingerprint density at radius 1 is 1.15 bits per heavy atom. The minimum absolute atomic E-state index is 0.267. The summed E-state index contributed by atoms with van der Waals surface area (Å²) in [6.07, 6.45) is 7.21. The van der Waals surface area contributed by atoms with Gasteiger partial charge in [0.1, 0.15) is 6.04 Å². The zero-order chi connectivity index (χ0) is 14.6. The Morgan fingerprint density at radius 2 is 1.85 bits per heavy atom. The fraction of sp³-hybridized carbons (Fsp3) is 0.588. The first-order chi connectivity index (χ1) is 9.74. The third kappa shape index (κ3) is 7.29. The van der Waals surface area contributed by atoms with Gasteiger partial charge in [0, 0.05) is 0 Å². The molecule has 0 amide bonds. The molecule has 1 atom stereocenters. The Bertz CT molecular complexity index is 365. The Kier molecular flexibility index (Phi) is 8.72. The number of nitrogens with two attached hydrogens (primary N) is 1. The Balaban J connectivity index is 2.10. The molecule has 1 rings (SSSR count). The van der Waals surface area contributed by atoms with Crippen LogP contribution in [-0.4, -0.2) is 18.6 Å². The van der Waals surface area contributed by atoms with E-state index in [1.54, 1.807) is 0 Å². The average Bonchev–Trinajstić information content (AvgIpc) is 2.49. The number of carbonyl (C=O) groups excluding carboxylic acids is 1. The first-order valence-electron chi connectivity index (χ1n) is 7.70. The summed E-state index contributed by atoms with van der Waals surface area (Å²) in [4.78, 5) is 11.7. The molecule has 0 radical (unpaired) electrons. The molecular weight excluding hydrogens is 250 g/mol. The first kappa shape index (κ1) is 16.7. The quantitative estimate of drug-likeness (QED) is 0.526. The molecule has 0 bridgehead atoms. The minimum atomic E-state index is -0.508. The van der Waals surface area contributed by atoms with Crippen molar-refractivity contribution >= 4 is 5.97 Å². The molecule has 0 saturated heterocycles. The molecule has 20 heavy (non-hydrogen) atoms. The zero-order valence-corrected chi connectivity index (χ0v) is 12.5. The largest absolute Gasteiger partial charge is 0.465 e. The maximum atomic E-state index is 11.7. The smallest absolute Gasteiger partial charge is 0.322 e. The van der Waals surface area contributed by atoms with Gasteiger partial charge in [0.05, 0.1) is 6.61 Å². The molecule has 0 unspecified atom stereocenters. The summed E-state index contributed by atoms with van der Waals surface area (Å²) in [5.41, 5.74) is 7.06. The van der Waals surface area contributed by atoms with Crippen molar-refractivity contribution < 1.29 is 9.53 Å². The van der Waals surface area contributed by atoms with Crippen LogP contribution in [0.2, 0.25) is 0 Å². The maximum absolute atomic E-state index is 11.7. The minimum Gasteiger partial charge on any atom is -0.465 e. The molecule has 0 aliphatic carbocycles. The SMILES string of the molecule is CCCCCCCOC(=O)[C@@H](N)CCc1ccccc1. The highest BCUT2D eigenvalue weighted by Gasteiger charge is 2.14. The number of aryl methyl sites for hydroxylation is 1. The predicted molar refractivity (Wildman–Crippen MR) is 82.5 cm³/mol. The molecular formula is C17H27NO2. The lowest BCUT2D eigenvalue weighted by Gasteiger charge is -2.11. The van der Waals surface area contributed by atoms with Crippen LogP contribution in [-0.2, 0) is 16.0 Å². The number of hydrogen-bond donors (Lipinski definition) is 1. The summed E-state index contributed by atoms with van der Waals surface area (Å²) in [6.45, 7) is 2.69. The molecule has 0 fully saturated rings. The lowest BCUT2D eigenvalue weighted by atomic mass is 10.1. The number of hydrogen-bond acceptors (Lipinski definition) is 3. The number of unbranched alkanes of at least 4 members (excludes halogenated alkanes) is 4. The number of rotatable bonds is 10. The molecule has 0 aromatic heterocycles. The van der Waals surface area contributed by atoms with Crippen molar-refractivity contribution in [1.29, 1.82) is 0 Å². The van der Waals surface area contributed by atoms with Crippen LogP contribution in [0.1, 0.15) is 51.0 Å². The van der Waals surface area contributed by atoms with Gasteiger partial charge < -0.3 is 10.5 Å². The zero-order valence-electron chi connectivity index (χ0n) is 12.5. The molecule has 0 spiro atoms. The van der Waals surface area contributed by atoms with E-state index < -0.39 is 6.04 Å². The van der Waals surface area contributed by atoms with E-state index in [1.807, 2.05) is 30.3 Å². The van der Waals surface area contributed by atoms with Crippen molar-refractivity contribution in [3.8, 4) is 0 Å². The number of esters is 1. The summed E-state index contributed by atoms with van der Waals surface area (Å²) < 4.78 is 5.21. The van der Waals surface area contributed by atoms with Crippen molar-refractivity contribution in [1.82, 2.24) is 0 Å². The summed E-state index contributed by atoms with van der Waals surface area (Å²) >= 11 is 0. The fourth-order valence-corrected chi connectivity index (χ4v) is 2.07. The number of ether oxygens (including phenoxy) is 1. The number of carbonyl (C=O) groups is 1. The molecule has 3 nitrogen and oxygen atoms in total. The van der Waals surface area contributed by atoms with Crippen LogP contribution in [0.15, 0.2) is 30.3 Å². The summed E-state index contributed by atoms with van der Waals surface area (Å²) in [7, 11) is 0. The van der Waals surface area contributed by atoms with Gasteiger partial charge >= 0.3 is 5.97 Å². The van der Waals surface area contributed by atoms with Gasteiger partial charge in [0.25, 0.3) is 0 Å². The standard InChI is InChI=1S/C17H27NO2/c1-2-3-4-5-9-14-20-17(19)16(18)13-12-15-10-7-6-8-11-15/h6-8,10-11,16H,2-5,9,12-14,18H2,1H3/t16-/m0/s1. The van der Waals surface area contributed by atoms with E-state index in [4.69, 9.17) is 10.5 Å². The maximum Gasteiger partial charge on any atom is 0.322 e. The van der Waals surface area contributed by atoms with Gasteiger partial charge in [-0.05, 0) is 24.8 Å². The van der Waals surface area contributed by atoms with Gasteiger partial charge in [0.15, 0.2) is 0 Å². The monoisotopic (exact) mass is 277 g/mol. The summed E-state index contributed by atoms with van der Waals surface area (Å²) in [5, 5.41) is 0. The van der Waals surface area contributed by atoms with E-state index >= 15 is 0 Å². The predicted octanol–water partition coefficient (Wildman–Crippen LogP) is 3.46. The highest BCUT2D eigenvalue weighted by atomic mass is 16.5. The number of benzene rings is 1.